The van der Waals surface area contributed by atoms with Crippen LogP contribution in [0.3, 0.4) is 0 Å². The highest BCUT2D eigenvalue weighted by Gasteiger charge is 2.19. The van der Waals surface area contributed by atoms with E-state index in [1.807, 2.05) is 18.2 Å². The van der Waals surface area contributed by atoms with Gasteiger partial charge in [-0.2, -0.15) is 0 Å². The molecule has 1 unspecified atom stereocenters. The lowest BCUT2D eigenvalue weighted by Gasteiger charge is -2.32. The van der Waals surface area contributed by atoms with Crippen molar-refractivity contribution in [2.45, 2.75) is 25.9 Å². The second-order valence-electron chi connectivity index (χ2n) is 5.89. The number of nitrogens with zero attached hydrogens (tertiary/aromatic N) is 1. The Bertz CT molecular complexity index is 549. The summed E-state index contributed by atoms with van der Waals surface area (Å²) in [5, 5.41) is 2.97. The van der Waals surface area contributed by atoms with Gasteiger partial charge >= 0.3 is 0 Å². The van der Waals surface area contributed by atoms with Crippen molar-refractivity contribution in [3.63, 3.8) is 0 Å². The van der Waals surface area contributed by atoms with Crippen molar-refractivity contribution in [1.82, 2.24) is 10.2 Å². The molecule has 2 aliphatic heterocycles. The molecule has 2 heterocycles. The molecule has 0 aromatic heterocycles. The third kappa shape index (κ3) is 4.36. The first-order valence-corrected chi connectivity index (χ1v) is 8.24. The Morgan fingerprint density at radius 2 is 2.22 bits per heavy atom. The molecule has 0 aliphatic carbocycles. The van der Waals surface area contributed by atoms with E-state index in [4.69, 9.17) is 14.2 Å². The molecule has 2 aliphatic rings. The zero-order valence-electron chi connectivity index (χ0n) is 13.5. The molecule has 23 heavy (non-hydrogen) atoms. The minimum atomic E-state index is 0.0204. The molecular weight excluding hydrogens is 296 g/mol. The summed E-state index contributed by atoms with van der Waals surface area (Å²) in [6.45, 7) is 6.85. The number of morpholine rings is 1. The van der Waals surface area contributed by atoms with Crippen molar-refractivity contribution < 1.29 is 19.0 Å². The Hall–Kier alpha value is -1.79. The van der Waals surface area contributed by atoms with Gasteiger partial charge in [-0.25, -0.2) is 0 Å². The summed E-state index contributed by atoms with van der Waals surface area (Å²) in [7, 11) is 0. The highest BCUT2D eigenvalue weighted by atomic mass is 16.7. The predicted octanol–water partition coefficient (Wildman–Crippen LogP) is 1.18. The SMILES string of the molecule is CCN1CCOC(CCNC(=O)Cc2ccc3c(c2)OCO3)C1. The molecule has 1 aromatic rings. The van der Waals surface area contributed by atoms with Crippen molar-refractivity contribution in [2.75, 3.05) is 39.6 Å². The van der Waals surface area contributed by atoms with Gasteiger partial charge in [-0.3, -0.25) is 9.69 Å². The van der Waals surface area contributed by atoms with E-state index in [9.17, 15) is 4.79 Å². The van der Waals surface area contributed by atoms with Crippen LogP contribution >= 0.6 is 0 Å². The van der Waals surface area contributed by atoms with Crippen molar-refractivity contribution >= 4 is 5.91 Å². The Morgan fingerprint density at radius 3 is 3.09 bits per heavy atom. The van der Waals surface area contributed by atoms with E-state index in [2.05, 4.69) is 17.1 Å². The summed E-state index contributed by atoms with van der Waals surface area (Å²) < 4.78 is 16.3. The quantitative estimate of drug-likeness (QED) is 0.853. The molecule has 0 bridgehead atoms. The van der Waals surface area contributed by atoms with E-state index in [1.54, 1.807) is 0 Å². The number of amides is 1. The van der Waals surface area contributed by atoms with Crippen LogP contribution in [0.4, 0.5) is 0 Å². The molecule has 126 valence electrons. The van der Waals surface area contributed by atoms with Gasteiger partial charge in [0.25, 0.3) is 0 Å². The second kappa shape index (κ2) is 7.66. The van der Waals surface area contributed by atoms with Crippen LogP contribution in [0.25, 0.3) is 0 Å². The summed E-state index contributed by atoms with van der Waals surface area (Å²) in [4.78, 5) is 14.4. The summed E-state index contributed by atoms with van der Waals surface area (Å²) in [6.07, 6.45) is 1.42. The fourth-order valence-electron chi connectivity index (χ4n) is 2.91. The summed E-state index contributed by atoms with van der Waals surface area (Å²) in [6, 6.07) is 5.61. The largest absolute Gasteiger partial charge is 0.454 e. The van der Waals surface area contributed by atoms with Crippen LogP contribution in [-0.2, 0) is 16.0 Å². The highest BCUT2D eigenvalue weighted by Crippen LogP contribution is 2.32. The number of likely N-dealkylation sites (N-methyl/N-ethyl adjacent to an activating group) is 1. The summed E-state index contributed by atoms with van der Waals surface area (Å²) in [5.41, 5.74) is 0.929. The van der Waals surface area contributed by atoms with Gasteiger partial charge in [0.1, 0.15) is 0 Å². The van der Waals surface area contributed by atoms with Crippen LogP contribution in [-0.4, -0.2) is 56.5 Å². The van der Waals surface area contributed by atoms with E-state index >= 15 is 0 Å². The van der Waals surface area contributed by atoms with Gasteiger partial charge in [0.2, 0.25) is 12.7 Å². The molecule has 6 nitrogen and oxygen atoms in total. The molecule has 1 aromatic carbocycles. The van der Waals surface area contributed by atoms with Crippen molar-refractivity contribution in [1.29, 1.82) is 0 Å². The maximum atomic E-state index is 12.0. The number of benzene rings is 1. The third-order valence-electron chi connectivity index (χ3n) is 4.26. The van der Waals surface area contributed by atoms with Crippen molar-refractivity contribution in [3.05, 3.63) is 23.8 Å². The average Bonchev–Trinajstić information content (AvgIpc) is 3.02. The second-order valence-corrected chi connectivity index (χ2v) is 5.89. The van der Waals surface area contributed by atoms with E-state index in [0.717, 1.165) is 44.0 Å². The zero-order valence-corrected chi connectivity index (χ0v) is 13.5. The lowest BCUT2D eigenvalue weighted by molar-refractivity contribution is -0.120. The summed E-state index contributed by atoms with van der Waals surface area (Å²) >= 11 is 0. The summed E-state index contributed by atoms with van der Waals surface area (Å²) in [5.74, 6) is 1.47. The maximum absolute atomic E-state index is 12.0. The minimum absolute atomic E-state index is 0.0204. The van der Waals surface area contributed by atoms with E-state index in [-0.39, 0.29) is 18.8 Å². The smallest absolute Gasteiger partial charge is 0.231 e. The van der Waals surface area contributed by atoms with Gasteiger partial charge in [0, 0.05) is 19.6 Å². The van der Waals surface area contributed by atoms with Crippen LogP contribution in [0.2, 0.25) is 0 Å². The lowest BCUT2D eigenvalue weighted by atomic mass is 10.1. The topological polar surface area (TPSA) is 60.0 Å². The van der Waals surface area contributed by atoms with Crippen LogP contribution < -0.4 is 14.8 Å². The molecule has 1 atom stereocenters. The Balaban J connectivity index is 1.39. The predicted molar refractivity (Wildman–Crippen MR) is 85.7 cm³/mol. The minimum Gasteiger partial charge on any atom is -0.454 e. The first-order valence-electron chi connectivity index (χ1n) is 8.24. The molecule has 0 saturated carbocycles. The Kier molecular flexibility index (Phi) is 5.35. The van der Waals surface area contributed by atoms with Crippen LogP contribution in [0.15, 0.2) is 18.2 Å². The van der Waals surface area contributed by atoms with Gasteiger partial charge < -0.3 is 19.5 Å². The fourth-order valence-corrected chi connectivity index (χ4v) is 2.91. The van der Waals surface area contributed by atoms with Gasteiger partial charge in [-0.05, 0) is 30.7 Å². The molecule has 3 rings (SSSR count). The molecule has 0 radical (unpaired) electrons. The molecule has 6 heteroatoms. The van der Waals surface area contributed by atoms with Crippen molar-refractivity contribution in [2.24, 2.45) is 0 Å². The van der Waals surface area contributed by atoms with Crippen LogP contribution in [0.1, 0.15) is 18.9 Å². The standard InChI is InChI=1S/C17H24N2O4/c1-2-19-7-8-21-14(11-19)5-6-18-17(20)10-13-3-4-15-16(9-13)23-12-22-15/h3-4,9,14H,2,5-8,10-12H2,1H3,(H,18,20). The number of fused-ring (bicyclic) bond motifs is 1. The molecule has 1 fully saturated rings. The van der Waals surface area contributed by atoms with E-state index < -0.39 is 0 Å². The fraction of sp³-hybridized carbons (Fsp3) is 0.588. The highest BCUT2D eigenvalue weighted by molar-refractivity contribution is 5.78. The van der Waals surface area contributed by atoms with Crippen LogP contribution in [0.5, 0.6) is 11.5 Å². The van der Waals surface area contributed by atoms with Crippen LogP contribution in [0, 0.1) is 0 Å². The van der Waals surface area contributed by atoms with Gasteiger partial charge in [0.15, 0.2) is 11.5 Å². The average molecular weight is 320 g/mol. The number of carbonyl (C=O) groups is 1. The number of ether oxygens (including phenoxy) is 3. The van der Waals surface area contributed by atoms with Gasteiger partial charge in [-0.15, -0.1) is 0 Å². The van der Waals surface area contributed by atoms with Gasteiger partial charge in [0.05, 0.1) is 19.1 Å². The first-order chi connectivity index (χ1) is 11.2. The Morgan fingerprint density at radius 1 is 1.35 bits per heavy atom. The molecule has 1 amide bonds. The van der Waals surface area contributed by atoms with Crippen molar-refractivity contribution in [3.8, 4) is 11.5 Å². The van der Waals surface area contributed by atoms with E-state index in [1.165, 1.54) is 0 Å². The molecule has 0 spiro atoms. The Labute approximate surface area is 136 Å². The number of carbonyl (C=O) groups excluding carboxylic acids is 1. The number of hydrogen-bond acceptors (Lipinski definition) is 5. The molecular formula is C17H24N2O4. The maximum Gasteiger partial charge on any atom is 0.231 e. The van der Waals surface area contributed by atoms with Gasteiger partial charge in [-0.1, -0.05) is 13.0 Å². The number of rotatable bonds is 6. The van der Waals surface area contributed by atoms with E-state index in [0.29, 0.717) is 18.7 Å². The first kappa shape index (κ1) is 16.1. The monoisotopic (exact) mass is 320 g/mol. The zero-order chi connectivity index (χ0) is 16.1. The number of nitrogens with one attached hydrogen (secondary N) is 1. The lowest BCUT2D eigenvalue weighted by Crippen LogP contribution is -2.43. The molecule has 1 saturated heterocycles. The normalized spacial score (nSPS) is 20.5. The molecule has 1 N–H and O–H groups in total. The number of hydrogen-bond donors (Lipinski definition) is 1. The third-order valence-corrected chi connectivity index (χ3v) is 4.26.